The average molecular weight is 284 g/mol. The van der Waals surface area contributed by atoms with E-state index in [0.717, 1.165) is 17.2 Å². The van der Waals surface area contributed by atoms with E-state index in [1.54, 1.807) is 12.1 Å². The molecular weight excluding hydrogens is 268 g/mol. The van der Waals surface area contributed by atoms with Crippen molar-refractivity contribution in [3.8, 4) is 16.9 Å². The van der Waals surface area contributed by atoms with Gasteiger partial charge in [0.1, 0.15) is 18.1 Å². The quantitative estimate of drug-likeness (QED) is 0.632. The molecule has 2 N–H and O–H groups in total. The molecule has 0 bridgehead atoms. The third kappa shape index (κ3) is 4.47. The lowest BCUT2D eigenvalue weighted by Crippen LogP contribution is -2.09. The van der Waals surface area contributed by atoms with Gasteiger partial charge in [-0.3, -0.25) is 4.79 Å². The summed E-state index contributed by atoms with van der Waals surface area (Å²) < 4.78 is 5.32. The van der Waals surface area contributed by atoms with E-state index >= 15 is 0 Å². The molecule has 0 aliphatic rings. The Bertz CT molecular complexity index is 615. The topological polar surface area (TPSA) is 66.8 Å². The van der Waals surface area contributed by atoms with E-state index in [9.17, 15) is 4.79 Å². The van der Waals surface area contributed by atoms with E-state index in [1.165, 1.54) is 0 Å². The molecule has 108 valence electrons. The van der Waals surface area contributed by atoms with Gasteiger partial charge in [-0.15, -0.1) is 0 Å². The van der Waals surface area contributed by atoms with E-state index in [-0.39, 0.29) is 12.4 Å². The molecule has 2 aromatic carbocycles. The zero-order chi connectivity index (χ0) is 15.1. The number of rotatable bonds is 6. The molecule has 0 heterocycles. The molecule has 2 aromatic rings. The van der Waals surface area contributed by atoms with E-state index in [2.05, 4.69) is 0 Å². The molecule has 0 spiro atoms. The predicted molar refractivity (Wildman–Crippen MR) is 80.2 cm³/mol. The number of benzene rings is 2. The molecule has 0 saturated carbocycles. The van der Waals surface area contributed by atoms with Crippen LogP contribution in [0.1, 0.15) is 0 Å². The Morgan fingerprint density at radius 2 is 1.62 bits per heavy atom. The van der Waals surface area contributed by atoms with E-state index in [1.807, 2.05) is 42.5 Å². The van der Waals surface area contributed by atoms with Gasteiger partial charge in [-0.1, -0.05) is 42.5 Å². The van der Waals surface area contributed by atoms with E-state index in [4.69, 9.17) is 14.9 Å². The normalized spacial score (nSPS) is 11.2. The standard InChI is InChI=1S/C17H16O4/c18-11-15(19)10-16(20)12-21-17-8-6-14(7-9-17)13-4-2-1-3-5-13/h1-10,18-19H,11-12H2. The lowest BCUT2D eigenvalue weighted by Gasteiger charge is -2.06. The first-order valence-electron chi connectivity index (χ1n) is 6.50. The monoisotopic (exact) mass is 284 g/mol. The minimum absolute atomic E-state index is 0.186. The highest BCUT2D eigenvalue weighted by molar-refractivity contribution is 5.91. The van der Waals surface area contributed by atoms with Gasteiger partial charge in [0.05, 0.1) is 0 Å². The maximum Gasteiger partial charge on any atom is 0.196 e. The Morgan fingerprint density at radius 1 is 1.00 bits per heavy atom. The number of carbonyl (C=O) groups excluding carboxylic acids is 1. The van der Waals surface area contributed by atoms with E-state index < -0.39 is 12.4 Å². The molecule has 0 aliphatic heterocycles. The Morgan fingerprint density at radius 3 is 2.24 bits per heavy atom. The first kappa shape index (κ1) is 14.8. The first-order valence-corrected chi connectivity index (χ1v) is 6.50. The number of aliphatic hydroxyl groups excluding tert-OH is 2. The van der Waals surface area contributed by atoms with Crippen molar-refractivity contribution in [2.45, 2.75) is 0 Å². The van der Waals surface area contributed by atoms with Gasteiger partial charge in [0.25, 0.3) is 0 Å². The SMILES string of the molecule is O=C(C=C(O)CO)COc1ccc(-c2ccccc2)cc1. The third-order valence-electron chi connectivity index (χ3n) is 2.83. The van der Waals surface area contributed by atoms with Crippen molar-refractivity contribution in [1.29, 1.82) is 0 Å². The first-order chi connectivity index (χ1) is 10.2. The smallest absolute Gasteiger partial charge is 0.196 e. The summed E-state index contributed by atoms with van der Waals surface area (Å²) in [6.07, 6.45) is 0.957. The summed E-state index contributed by atoms with van der Waals surface area (Å²) in [6, 6.07) is 17.3. The van der Waals surface area contributed by atoms with Crippen LogP contribution in [0.25, 0.3) is 11.1 Å². The number of carbonyl (C=O) groups is 1. The lowest BCUT2D eigenvalue weighted by molar-refractivity contribution is -0.116. The lowest BCUT2D eigenvalue weighted by atomic mass is 10.1. The van der Waals surface area contributed by atoms with Crippen molar-refractivity contribution < 1.29 is 19.7 Å². The van der Waals surface area contributed by atoms with Gasteiger partial charge < -0.3 is 14.9 Å². The Kier molecular flexibility index (Phi) is 5.12. The Labute approximate surface area is 122 Å². The molecule has 4 heteroatoms. The minimum Gasteiger partial charge on any atom is -0.510 e. The summed E-state index contributed by atoms with van der Waals surface area (Å²) in [4.78, 5) is 11.4. The van der Waals surface area contributed by atoms with Crippen LogP contribution in [0.3, 0.4) is 0 Å². The second-order valence-electron chi connectivity index (χ2n) is 4.44. The number of hydrogen-bond acceptors (Lipinski definition) is 4. The highest BCUT2D eigenvalue weighted by Crippen LogP contribution is 2.21. The molecule has 0 amide bonds. The van der Waals surface area contributed by atoms with Crippen molar-refractivity contribution in [3.63, 3.8) is 0 Å². The minimum atomic E-state index is -0.558. The van der Waals surface area contributed by atoms with Crippen LogP contribution in [-0.4, -0.2) is 29.2 Å². The average Bonchev–Trinajstić information content (AvgIpc) is 2.54. The zero-order valence-electron chi connectivity index (χ0n) is 11.4. The maximum atomic E-state index is 11.4. The van der Waals surface area contributed by atoms with Gasteiger partial charge >= 0.3 is 0 Å². The summed E-state index contributed by atoms with van der Waals surface area (Å²) >= 11 is 0. The molecule has 21 heavy (non-hydrogen) atoms. The molecule has 0 radical (unpaired) electrons. The molecule has 2 rings (SSSR count). The molecule has 0 unspecified atom stereocenters. The highest BCUT2D eigenvalue weighted by atomic mass is 16.5. The summed E-state index contributed by atoms with van der Waals surface area (Å²) in [7, 11) is 0. The summed E-state index contributed by atoms with van der Waals surface area (Å²) in [6.45, 7) is -0.744. The second kappa shape index (κ2) is 7.26. The molecule has 0 atom stereocenters. The number of aliphatic hydroxyl groups is 2. The van der Waals surface area contributed by atoms with Crippen LogP contribution < -0.4 is 4.74 Å². The summed E-state index contributed by atoms with van der Waals surface area (Å²) in [5.41, 5.74) is 2.17. The van der Waals surface area contributed by atoms with Crippen molar-refractivity contribution in [3.05, 3.63) is 66.4 Å². The third-order valence-corrected chi connectivity index (χ3v) is 2.83. The van der Waals surface area contributed by atoms with Crippen LogP contribution in [0.2, 0.25) is 0 Å². The van der Waals surface area contributed by atoms with Gasteiger partial charge in [-0.05, 0) is 23.3 Å². The molecule has 4 nitrogen and oxygen atoms in total. The van der Waals surface area contributed by atoms with Crippen LogP contribution in [0.5, 0.6) is 5.75 Å². The van der Waals surface area contributed by atoms with Crippen molar-refractivity contribution >= 4 is 5.78 Å². The Hall–Kier alpha value is -2.59. The number of hydrogen-bond donors (Lipinski definition) is 2. The highest BCUT2D eigenvalue weighted by Gasteiger charge is 2.03. The van der Waals surface area contributed by atoms with Gasteiger partial charge in [-0.25, -0.2) is 0 Å². The summed E-state index contributed by atoms with van der Waals surface area (Å²) in [5, 5.41) is 17.6. The molecule has 0 fully saturated rings. The zero-order valence-corrected chi connectivity index (χ0v) is 11.4. The van der Waals surface area contributed by atoms with Crippen LogP contribution in [0.15, 0.2) is 66.4 Å². The summed E-state index contributed by atoms with van der Waals surface area (Å²) in [5.74, 6) is -0.211. The van der Waals surface area contributed by atoms with Crippen LogP contribution in [0.4, 0.5) is 0 Å². The Balaban J connectivity index is 1.96. The van der Waals surface area contributed by atoms with E-state index in [0.29, 0.717) is 5.75 Å². The number of ketones is 1. The maximum absolute atomic E-state index is 11.4. The molecular formula is C17H16O4. The fourth-order valence-electron chi connectivity index (χ4n) is 1.80. The largest absolute Gasteiger partial charge is 0.510 e. The second-order valence-corrected chi connectivity index (χ2v) is 4.44. The fourth-order valence-corrected chi connectivity index (χ4v) is 1.80. The van der Waals surface area contributed by atoms with Gasteiger partial charge in [0.15, 0.2) is 12.4 Å². The molecule has 0 aliphatic carbocycles. The van der Waals surface area contributed by atoms with Crippen LogP contribution in [-0.2, 0) is 4.79 Å². The van der Waals surface area contributed by atoms with Crippen LogP contribution >= 0.6 is 0 Å². The fraction of sp³-hybridized carbons (Fsp3) is 0.118. The van der Waals surface area contributed by atoms with Crippen molar-refractivity contribution in [2.75, 3.05) is 13.2 Å². The van der Waals surface area contributed by atoms with Crippen LogP contribution in [0, 0.1) is 0 Å². The number of ether oxygens (including phenoxy) is 1. The van der Waals surface area contributed by atoms with Crippen molar-refractivity contribution in [1.82, 2.24) is 0 Å². The van der Waals surface area contributed by atoms with Gasteiger partial charge in [0, 0.05) is 6.08 Å². The predicted octanol–water partition coefficient (Wildman–Crippen LogP) is 2.74. The van der Waals surface area contributed by atoms with Gasteiger partial charge in [0.2, 0.25) is 0 Å². The molecule has 0 aromatic heterocycles. The van der Waals surface area contributed by atoms with Crippen molar-refractivity contribution in [2.24, 2.45) is 0 Å². The molecule has 0 saturated heterocycles. The van der Waals surface area contributed by atoms with Gasteiger partial charge in [-0.2, -0.15) is 0 Å².